The van der Waals surface area contributed by atoms with Gasteiger partial charge < -0.3 is 4.79 Å². The predicted molar refractivity (Wildman–Crippen MR) is 248 cm³/mol. The van der Waals surface area contributed by atoms with Gasteiger partial charge in [-0.05, 0) is 135 Å². The first-order valence-electron chi connectivity index (χ1n) is 18.8. The van der Waals surface area contributed by atoms with Crippen molar-refractivity contribution < 1.29 is 25.2 Å². The standard InChI is InChI=1S/3C16H19P.CHO.Pd/c3*1-4-17(15-9-5-13(2)6-10-15)16-11-7-14(3)8-12-16;1-2;/h3*5-12H,4H2,1-3H3;1H;/q;;;-1;/p+3. The summed E-state index contributed by atoms with van der Waals surface area (Å²) in [6, 6.07) is 54.3. The second-order valence-electron chi connectivity index (χ2n) is 13.7. The average molecular weight is 865 g/mol. The Hall–Kier alpha value is -3.06. The minimum atomic E-state index is -0.572. The molecule has 0 fully saturated rings. The summed E-state index contributed by atoms with van der Waals surface area (Å²) in [7, 11) is -1.72. The maximum atomic E-state index is 7.75. The summed E-state index contributed by atoms with van der Waals surface area (Å²) in [5, 5.41) is 9.12. The second-order valence-corrected chi connectivity index (χ2v) is 22.1. The van der Waals surface area contributed by atoms with Crippen LogP contribution in [0.1, 0.15) is 54.2 Å². The van der Waals surface area contributed by atoms with E-state index in [9.17, 15) is 0 Å². The van der Waals surface area contributed by atoms with Gasteiger partial charge in [0.25, 0.3) is 0 Å². The van der Waals surface area contributed by atoms with Gasteiger partial charge in [0, 0.05) is 20.4 Å². The molecule has 6 aromatic rings. The molecular weight excluding hydrogens is 804 g/mol. The molecular formula is C49H61OP3Pd+2. The van der Waals surface area contributed by atoms with Gasteiger partial charge in [-0.2, -0.15) is 0 Å². The fourth-order valence-electron chi connectivity index (χ4n) is 6.25. The first-order chi connectivity index (χ1) is 25.6. The van der Waals surface area contributed by atoms with E-state index in [-0.39, 0.29) is 20.4 Å². The summed E-state index contributed by atoms with van der Waals surface area (Å²) in [5.41, 5.74) is 8.06. The SMILES string of the molecule is CC[PH+](c1ccc(C)cc1)c1ccc(C)cc1.CC[PH+](c1ccc(C)cc1)c1ccc(C)cc1.CC[PH+](c1ccc(C)cc1)c1ccc(C)cc1.[CH-]=O.[Pd]. The van der Waals surface area contributed by atoms with Crippen LogP contribution in [-0.2, 0) is 25.2 Å². The molecule has 54 heavy (non-hydrogen) atoms. The van der Waals surface area contributed by atoms with Gasteiger partial charge in [-0.1, -0.05) is 106 Å². The van der Waals surface area contributed by atoms with Gasteiger partial charge in [0.1, 0.15) is 0 Å². The predicted octanol–water partition coefficient (Wildman–Crippen LogP) is 10.2. The van der Waals surface area contributed by atoms with Crippen LogP contribution < -0.4 is 31.8 Å². The van der Waals surface area contributed by atoms with Gasteiger partial charge >= 0.3 is 0 Å². The van der Waals surface area contributed by atoms with Crippen LogP contribution >= 0.6 is 23.8 Å². The molecule has 0 heterocycles. The van der Waals surface area contributed by atoms with E-state index in [1.165, 1.54) is 83.7 Å². The Morgan fingerprint density at radius 1 is 0.296 bits per heavy atom. The Morgan fingerprint density at radius 2 is 0.407 bits per heavy atom. The maximum absolute atomic E-state index is 7.75. The van der Waals surface area contributed by atoms with Crippen molar-refractivity contribution in [2.75, 3.05) is 18.5 Å². The molecule has 0 atom stereocenters. The van der Waals surface area contributed by atoms with E-state index in [0.29, 0.717) is 0 Å². The van der Waals surface area contributed by atoms with Crippen molar-refractivity contribution in [1.29, 1.82) is 0 Å². The zero-order valence-electron chi connectivity index (χ0n) is 33.8. The molecule has 0 N–H and O–H groups in total. The van der Waals surface area contributed by atoms with E-state index < -0.39 is 23.8 Å². The second kappa shape index (κ2) is 25.2. The Kier molecular flexibility index (Phi) is 22.0. The third kappa shape index (κ3) is 14.9. The first-order valence-corrected chi connectivity index (χ1v) is 24.0. The Balaban J connectivity index is 0.000000271. The van der Waals surface area contributed by atoms with Crippen LogP contribution in [0.5, 0.6) is 0 Å². The monoisotopic (exact) mass is 864 g/mol. The fourth-order valence-corrected chi connectivity index (χ4v) is 13.1. The smallest absolute Gasteiger partial charge is 0.0967 e. The molecule has 0 aliphatic heterocycles. The molecule has 1 nitrogen and oxygen atoms in total. The Labute approximate surface area is 345 Å². The molecule has 0 bridgehead atoms. The van der Waals surface area contributed by atoms with Gasteiger partial charge in [-0.3, -0.25) is 6.79 Å². The first kappa shape index (κ1) is 47.1. The molecule has 0 saturated heterocycles. The molecule has 286 valence electrons. The third-order valence-corrected chi connectivity index (χ3v) is 17.8. The summed E-state index contributed by atoms with van der Waals surface area (Å²) >= 11 is 0. The van der Waals surface area contributed by atoms with E-state index in [1.807, 2.05) is 0 Å². The molecule has 0 amide bonds. The van der Waals surface area contributed by atoms with Crippen molar-refractivity contribution in [3.05, 3.63) is 179 Å². The van der Waals surface area contributed by atoms with Crippen LogP contribution in [-0.4, -0.2) is 25.3 Å². The summed E-state index contributed by atoms with van der Waals surface area (Å²) in [4.78, 5) is 7.75. The molecule has 0 saturated carbocycles. The van der Waals surface area contributed by atoms with Crippen molar-refractivity contribution in [2.45, 2.75) is 62.3 Å². The van der Waals surface area contributed by atoms with Crippen molar-refractivity contribution in [2.24, 2.45) is 0 Å². The van der Waals surface area contributed by atoms with Crippen molar-refractivity contribution in [3.63, 3.8) is 0 Å². The minimum absolute atomic E-state index is 0. The molecule has 6 aromatic carbocycles. The molecule has 0 aliphatic carbocycles. The summed E-state index contributed by atoms with van der Waals surface area (Å²) in [6.07, 6.45) is 3.74. The van der Waals surface area contributed by atoms with Gasteiger partial charge in [0.05, 0.1) is 74.1 Å². The summed E-state index contributed by atoms with van der Waals surface area (Å²) in [6.45, 7) is 23.0. The van der Waals surface area contributed by atoms with Gasteiger partial charge in [0.15, 0.2) is 0 Å². The van der Waals surface area contributed by atoms with Crippen molar-refractivity contribution >= 4 is 62.4 Å². The van der Waals surface area contributed by atoms with Crippen molar-refractivity contribution in [1.82, 2.24) is 0 Å². The molecule has 0 aliphatic rings. The number of hydrogen-bond acceptors (Lipinski definition) is 1. The zero-order chi connectivity index (χ0) is 38.8. The molecule has 0 spiro atoms. The summed E-state index contributed by atoms with van der Waals surface area (Å²) < 4.78 is 0. The van der Waals surface area contributed by atoms with Gasteiger partial charge in [0.2, 0.25) is 0 Å². The normalized spacial score (nSPS) is 10.3. The molecule has 5 heteroatoms. The van der Waals surface area contributed by atoms with Crippen LogP contribution in [0.25, 0.3) is 0 Å². The quantitative estimate of drug-likeness (QED) is 0.0613. The van der Waals surface area contributed by atoms with E-state index >= 15 is 0 Å². The third-order valence-electron chi connectivity index (χ3n) is 9.46. The molecule has 0 aromatic heterocycles. The van der Waals surface area contributed by atoms with Crippen LogP contribution in [0.4, 0.5) is 0 Å². The van der Waals surface area contributed by atoms with Crippen molar-refractivity contribution in [3.8, 4) is 0 Å². The Morgan fingerprint density at radius 3 is 0.500 bits per heavy atom. The van der Waals surface area contributed by atoms with Crippen LogP contribution in [0, 0.1) is 41.5 Å². The summed E-state index contributed by atoms with van der Waals surface area (Å²) in [5.74, 6) is 0. The number of rotatable bonds is 9. The number of carbonyl (C=O) groups excluding carboxylic acids is 1. The maximum Gasteiger partial charge on any atom is 0.0967 e. The molecule has 0 unspecified atom stereocenters. The molecule has 6 rings (SSSR count). The molecule has 0 radical (unpaired) electrons. The number of hydrogen-bond donors (Lipinski definition) is 0. The van der Waals surface area contributed by atoms with E-state index in [4.69, 9.17) is 4.79 Å². The minimum Gasteiger partial charge on any atom is -0.545 e. The van der Waals surface area contributed by atoms with E-state index in [0.717, 1.165) is 0 Å². The largest absolute Gasteiger partial charge is 0.545 e. The topological polar surface area (TPSA) is 17.1 Å². The number of aryl methyl sites for hydroxylation is 6. The van der Waals surface area contributed by atoms with Crippen LogP contribution in [0.15, 0.2) is 146 Å². The fraction of sp³-hybridized carbons (Fsp3) is 0.245. The average Bonchev–Trinajstić information content (AvgIpc) is 3.18. The Bertz CT molecular complexity index is 1520. The van der Waals surface area contributed by atoms with Crippen LogP contribution in [0.2, 0.25) is 0 Å². The van der Waals surface area contributed by atoms with Crippen LogP contribution in [0.3, 0.4) is 0 Å². The van der Waals surface area contributed by atoms with E-state index in [1.54, 1.807) is 0 Å². The van der Waals surface area contributed by atoms with E-state index in [2.05, 4.69) is 215 Å². The zero-order valence-corrected chi connectivity index (χ0v) is 38.3. The number of benzene rings is 6. The van der Waals surface area contributed by atoms with Gasteiger partial charge in [-0.25, -0.2) is 0 Å². The van der Waals surface area contributed by atoms with Gasteiger partial charge in [-0.15, -0.1) is 0 Å².